The Bertz CT molecular complexity index is 715. The second-order valence-electron chi connectivity index (χ2n) is 5.07. The normalized spacial score (nSPS) is 13.2. The minimum absolute atomic E-state index is 0.371. The zero-order valence-electron chi connectivity index (χ0n) is 12.3. The molecule has 1 aliphatic rings. The van der Waals surface area contributed by atoms with Crippen LogP contribution < -0.4 is 21.0 Å². The van der Waals surface area contributed by atoms with Gasteiger partial charge in [0.15, 0.2) is 16.4 Å². The van der Waals surface area contributed by atoms with Crippen LogP contribution in [0.15, 0.2) is 35.4 Å². The van der Waals surface area contributed by atoms with Crippen molar-refractivity contribution in [2.24, 2.45) is 5.10 Å². The van der Waals surface area contributed by atoms with Crippen molar-refractivity contribution in [1.29, 1.82) is 0 Å². The van der Waals surface area contributed by atoms with Crippen LogP contribution in [0.5, 0.6) is 0 Å². The largest absolute Gasteiger partial charge is 0.382 e. The number of aromatic nitrogens is 2. The Labute approximate surface area is 137 Å². The van der Waals surface area contributed by atoms with Crippen molar-refractivity contribution in [3.63, 3.8) is 0 Å². The molecule has 3 N–H and O–H groups in total. The van der Waals surface area contributed by atoms with Crippen LogP contribution in [-0.2, 0) is 6.54 Å². The summed E-state index contributed by atoms with van der Waals surface area (Å²) in [7, 11) is 3.75. The third-order valence-corrected chi connectivity index (χ3v) is 3.83. The zero-order valence-corrected chi connectivity index (χ0v) is 13.9. The molecule has 1 aromatic carbocycles. The average Bonchev–Trinajstić information content (AvgIpc) is 2.51. The van der Waals surface area contributed by atoms with E-state index in [0.717, 1.165) is 5.56 Å². The number of amidine groups is 1. The van der Waals surface area contributed by atoms with Crippen molar-refractivity contribution in [1.82, 2.24) is 9.97 Å². The van der Waals surface area contributed by atoms with Gasteiger partial charge in [-0.1, -0.05) is 30.3 Å². The molecular formula is C14H16BrN7. The molecule has 0 atom stereocenters. The molecule has 0 unspecified atom stereocenters. The lowest BCUT2D eigenvalue weighted by Crippen LogP contribution is -2.32. The smallest absolute Gasteiger partial charge is 0.228 e. The van der Waals surface area contributed by atoms with Crippen LogP contribution in [0, 0.1) is 0 Å². The molecule has 0 amide bonds. The fraction of sp³-hybridized carbons (Fsp3) is 0.214. The molecule has 1 aliphatic heterocycles. The van der Waals surface area contributed by atoms with Crippen LogP contribution in [0.2, 0.25) is 0 Å². The van der Waals surface area contributed by atoms with E-state index in [4.69, 9.17) is 5.73 Å². The molecular weight excluding hydrogens is 346 g/mol. The Kier molecular flexibility index (Phi) is 3.84. The fourth-order valence-electron chi connectivity index (χ4n) is 2.11. The SMILES string of the molecule is CN(C)c1nc(N)c2c(n1)N(Cc1ccccc1)C(Br)=NN2. The third-order valence-electron chi connectivity index (χ3n) is 3.23. The monoisotopic (exact) mass is 361 g/mol. The number of nitrogens with two attached hydrogens (primary N) is 1. The van der Waals surface area contributed by atoms with Gasteiger partial charge in [0.25, 0.3) is 0 Å². The number of rotatable bonds is 3. The maximum Gasteiger partial charge on any atom is 0.228 e. The molecule has 0 aliphatic carbocycles. The van der Waals surface area contributed by atoms with E-state index in [9.17, 15) is 0 Å². The standard InChI is InChI=1S/C14H16BrN7/c1-21(2)14-17-11(16)10-12(18-14)22(13(15)20-19-10)8-9-6-4-3-5-7-9/h3-7,19H,8H2,1-2H3,(H2,16,17,18). The first-order chi connectivity index (χ1) is 10.6. The van der Waals surface area contributed by atoms with Gasteiger partial charge in [-0.25, -0.2) is 0 Å². The van der Waals surface area contributed by atoms with E-state index in [1.807, 2.05) is 42.1 Å². The number of hydrazone groups is 1. The summed E-state index contributed by atoms with van der Waals surface area (Å²) in [6.07, 6.45) is 0. The van der Waals surface area contributed by atoms with Gasteiger partial charge in [0.1, 0.15) is 5.69 Å². The first-order valence-electron chi connectivity index (χ1n) is 6.72. The van der Waals surface area contributed by atoms with Gasteiger partial charge in [0, 0.05) is 14.1 Å². The predicted octanol–water partition coefficient (Wildman–Crippen LogP) is 2.22. The zero-order chi connectivity index (χ0) is 15.7. The topological polar surface area (TPSA) is 82.7 Å². The van der Waals surface area contributed by atoms with Crippen molar-refractivity contribution in [2.75, 3.05) is 35.1 Å². The Balaban J connectivity index is 2.04. The van der Waals surface area contributed by atoms with E-state index in [1.54, 1.807) is 0 Å². The summed E-state index contributed by atoms with van der Waals surface area (Å²) in [5.74, 6) is 1.62. The number of hydrogen-bond acceptors (Lipinski definition) is 7. The summed E-state index contributed by atoms with van der Waals surface area (Å²) in [6, 6.07) is 10.1. The minimum Gasteiger partial charge on any atom is -0.382 e. The third kappa shape index (κ3) is 2.69. The highest BCUT2D eigenvalue weighted by Gasteiger charge is 2.25. The second-order valence-corrected chi connectivity index (χ2v) is 5.78. The Morgan fingerprint density at radius 3 is 2.64 bits per heavy atom. The molecule has 3 rings (SSSR count). The average molecular weight is 362 g/mol. The Hall–Kier alpha value is -2.35. The predicted molar refractivity (Wildman–Crippen MR) is 93.4 cm³/mol. The second kappa shape index (κ2) is 5.80. The van der Waals surface area contributed by atoms with Crippen molar-refractivity contribution in [3.05, 3.63) is 35.9 Å². The van der Waals surface area contributed by atoms with Gasteiger partial charge >= 0.3 is 0 Å². The lowest BCUT2D eigenvalue weighted by molar-refractivity contribution is 0.933. The van der Waals surface area contributed by atoms with Gasteiger partial charge in [-0.15, -0.1) is 5.10 Å². The van der Waals surface area contributed by atoms with Crippen molar-refractivity contribution >= 4 is 43.9 Å². The summed E-state index contributed by atoms with van der Waals surface area (Å²) in [6.45, 7) is 0.628. The van der Waals surface area contributed by atoms with Gasteiger partial charge in [-0.05, 0) is 21.5 Å². The first-order valence-corrected chi connectivity index (χ1v) is 7.51. The van der Waals surface area contributed by atoms with Gasteiger partial charge in [0.2, 0.25) is 5.95 Å². The van der Waals surface area contributed by atoms with E-state index < -0.39 is 0 Å². The fourth-order valence-corrected chi connectivity index (χ4v) is 2.49. The lowest BCUT2D eigenvalue weighted by atomic mass is 10.2. The molecule has 1 aromatic heterocycles. The van der Waals surface area contributed by atoms with Crippen LogP contribution >= 0.6 is 15.9 Å². The molecule has 0 bridgehead atoms. The van der Waals surface area contributed by atoms with Gasteiger partial charge < -0.3 is 10.6 Å². The van der Waals surface area contributed by atoms with E-state index in [-0.39, 0.29) is 0 Å². The molecule has 2 heterocycles. The lowest BCUT2D eigenvalue weighted by Gasteiger charge is -2.29. The van der Waals surface area contributed by atoms with Crippen molar-refractivity contribution in [2.45, 2.75) is 6.54 Å². The maximum atomic E-state index is 6.03. The quantitative estimate of drug-likeness (QED) is 0.815. The van der Waals surface area contributed by atoms with Crippen molar-refractivity contribution in [3.8, 4) is 0 Å². The van der Waals surface area contributed by atoms with Gasteiger partial charge in [-0.2, -0.15) is 9.97 Å². The molecule has 0 saturated heterocycles. The molecule has 0 saturated carbocycles. The number of nitrogens with zero attached hydrogens (tertiary/aromatic N) is 5. The number of anilines is 4. The van der Waals surface area contributed by atoms with E-state index in [0.29, 0.717) is 34.6 Å². The van der Waals surface area contributed by atoms with Crippen LogP contribution in [-0.4, -0.2) is 28.8 Å². The molecule has 0 radical (unpaired) electrons. The Morgan fingerprint density at radius 1 is 1.23 bits per heavy atom. The number of halogens is 1. The van der Waals surface area contributed by atoms with Crippen LogP contribution in [0.1, 0.15) is 5.56 Å². The van der Waals surface area contributed by atoms with Crippen LogP contribution in [0.3, 0.4) is 0 Å². The maximum absolute atomic E-state index is 6.03. The van der Waals surface area contributed by atoms with Gasteiger partial charge in [0.05, 0.1) is 6.54 Å². The molecule has 22 heavy (non-hydrogen) atoms. The highest BCUT2D eigenvalue weighted by molar-refractivity contribution is 9.18. The van der Waals surface area contributed by atoms with Crippen molar-refractivity contribution < 1.29 is 0 Å². The molecule has 0 spiro atoms. The number of nitrogen functional groups attached to an aromatic ring is 1. The summed E-state index contributed by atoms with van der Waals surface area (Å²) in [5.41, 5.74) is 10.7. The number of benzene rings is 1. The van der Waals surface area contributed by atoms with E-state index >= 15 is 0 Å². The van der Waals surface area contributed by atoms with Crippen LogP contribution in [0.4, 0.5) is 23.3 Å². The highest BCUT2D eigenvalue weighted by atomic mass is 79.9. The molecule has 0 fully saturated rings. The molecule has 114 valence electrons. The summed E-state index contributed by atoms with van der Waals surface area (Å²) >= 11 is 3.47. The van der Waals surface area contributed by atoms with E-state index in [1.165, 1.54) is 0 Å². The summed E-state index contributed by atoms with van der Waals surface area (Å²) in [5, 5.41) is 4.22. The van der Waals surface area contributed by atoms with Crippen LogP contribution in [0.25, 0.3) is 0 Å². The summed E-state index contributed by atoms with van der Waals surface area (Å²) < 4.78 is 0.645. The number of hydrogen-bond donors (Lipinski definition) is 2. The van der Waals surface area contributed by atoms with Gasteiger partial charge in [-0.3, -0.25) is 10.3 Å². The molecule has 8 heteroatoms. The molecule has 2 aromatic rings. The Morgan fingerprint density at radius 2 is 1.95 bits per heavy atom. The minimum atomic E-state index is 0.371. The number of fused-ring (bicyclic) bond motifs is 1. The first kappa shape index (κ1) is 14.6. The highest BCUT2D eigenvalue weighted by Crippen LogP contribution is 2.35. The number of nitrogens with one attached hydrogen (secondary N) is 1. The molecule has 7 nitrogen and oxygen atoms in total. The summed E-state index contributed by atoms with van der Waals surface area (Å²) in [4.78, 5) is 12.6. The van der Waals surface area contributed by atoms with E-state index in [2.05, 4.69) is 48.6 Å².